The first-order chi connectivity index (χ1) is 5.18. The maximum Gasteiger partial charge on any atom is 1.00 e. The first-order valence-corrected chi connectivity index (χ1v) is 3.23. The van der Waals surface area contributed by atoms with Gasteiger partial charge in [-0.25, -0.2) is 0 Å². The van der Waals surface area contributed by atoms with Gasteiger partial charge in [-0.15, -0.1) is 0 Å². The van der Waals surface area contributed by atoms with E-state index in [1.807, 2.05) is 0 Å². The monoisotopic (exact) mass is 173 g/mol. The van der Waals surface area contributed by atoms with E-state index >= 15 is 0 Å². The Morgan fingerprint density at radius 1 is 1.33 bits per heavy atom. The first kappa shape index (κ1) is 11.5. The van der Waals surface area contributed by atoms with E-state index in [-0.39, 0.29) is 36.0 Å². The van der Waals surface area contributed by atoms with E-state index in [1.165, 1.54) is 0 Å². The minimum Gasteiger partial charge on any atom is -0.550 e. The van der Waals surface area contributed by atoms with E-state index in [1.54, 1.807) is 24.3 Å². The van der Waals surface area contributed by atoms with E-state index < -0.39 is 5.97 Å². The molecule has 0 aliphatic carbocycles. The molecular formula is C8H8NNaO2. The van der Waals surface area contributed by atoms with Gasteiger partial charge < -0.3 is 15.6 Å². The van der Waals surface area contributed by atoms with Crippen molar-refractivity contribution in [3.8, 4) is 0 Å². The van der Waals surface area contributed by atoms with Crippen LogP contribution < -0.4 is 40.4 Å². The predicted molar refractivity (Wildman–Crippen MR) is 39.6 cm³/mol. The molecule has 0 atom stereocenters. The molecule has 0 fully saturated rings. The second-order valence-electron chi connectivity index (χ2n) is 2.29. The molecule has 0 heterocycles. The van der Waals surface area contributed by atoms with Gasteiger partial charge in [0.25, 0.3) is 0 Å². The minimum absolute atomic E-state index is 0. The standard InChI is InChI=1S/C8H9NO2.Na/c9-7-3-1-6(2-4-7)5-8(10)11;/h1-4H,5,9H2,(H,10,11);/q;+1/p-1. The number of carboxylic acid groups (broad SMARTS) is 1. The molecule has 3 nitrogen and oxygen atoms in total. The Labute approximate surface area is 92.9 Å². The van der Waals surface area contributed by atoms with Crippen LogP contribution in [0.2, 0.25) is 0 Å². The van der Waals surface area contributed by atoms with Gasteiger partial charge in [0.1, 0.15) is 0 Å². The number of carbonyl (C=O) groups excluding carboxylic acids is 1. The number of carboxylic acids is 1. The predicted octanol–water partition coefficient (Wildman–Crippen LogP) is -3.43. The number of aliphatic carboxylic acids is 1. The summed E-state index contributed by atoms with van der Waals surface area (Å²) in [5.74, 6) is -1.07. The molecule has 0 bridgehead atoms. The molecule has 0 aliphatic heterocycles. The molecule has 0 unspecified atom stereocenters. The molecule has 0 radical (unpaired) electrons. The van der Waals surface area contributed by atoms with Crippen molar-refractivity contribution < 1.29 is 39.5 Å². The molecule has 1 aromatic carbocycles. The second-order valence-corrected chi connectivity index (χ2v) is 2.29. The van der Waals surface area contributed by atoms with Crippen LogP contribution in [-0.4, -0.2) is 5.97 Å². The van der Waals surface area contributed by atoms with Crippen molar-refractivity contribution >= 4 is 11.7 Å². The van der Waals surface area contributed by atoms with Gasteiger partial charge in [0.15, 0.2) is 0 Å². The van der Waals surface area contributed by atoms with Crippen molar-refractivity contribution in [2.45, 2.75) is 6.42 Å². The summed E-state index contributed by atoms with van der Waals surface area (Å²) in [7, 11) is 0. The van der Waals surface area contributed by atoms with Crippen molar-refractivity contribution in [1.29, 1.82) is 0 Å². The third-order valence-corrected chi connectivity index (χ3v) is 1.33. The number of hydrogen-bond donors (Lipinski definition) is 1. The Morgan fingerprint density at radius 3 is 2.25 bits per heavy atom. The van der Waals surface area contributed by atoms with Crippen LogP contribution in [0.4, 0.5) is 5.69 Å². The van der Waals surface area contributed by atoms with Gasteiger partial charge in [0, 0.05) is 18.1 Å². The number of carbonyl (C=O) groups is 1. The quantitative estimate of drug-likeness (QED) is 0.374. The number of rotatable bonds is 2. The number of hydrogen-bond acceptors (Lipinski definition) is 3. The largest absolute Gasteiger partial charge is 1.00 e. The summed E-state index contributed by atoms with van der Waals surface area (Å²) in [4.78, 5) is 10.1. The molecule has 12 heavy (non-hydrogen) atoms. The summed E-state index contributed by atoms with van der Waals surface area (Å²) in [6.07, 6.45) is -0.0553. The fourth-order valence-electron chi connectivity index (χ4n) is 0.802. The average Bonchev–Trinajstić information content (AvgIpc) is 1.93. The second kappa shape index (κ2) is 5.19. The van der Waals surface area contributed by atoms with Crippen LogP contribution in [-0.2, 0) is 11.2 Å². The van der Waals surface area contributed by atoms with Crippen LogP contribution in [0.1, 0.15) is 5.56 Å². The molecule has 1 rings (SSSR count). The average molecular weight is 173 g/mol. The zero-order valence-corrected chi connectivity index (χ0v) is 8.91. The summed E-state index contributed by atoms with van der Waals surface area (Å²) in [5.41, 5.74) is 6.73. The van der Waals surface area contributed by atoms with Gasteiger partial charge in [0.05, 0.1) is 0 Å². The van der Waals surface area contributed by atoms with Gasteiger partial charge in [-0.05, 0) is 17.7 Å². The normalized spacial score (nSPS) is 8.67. The van der Waals surface area contributed by atoms with Crippen molar-refractivity contribution in [2.24, 2.45) is 0 Å². The Morgan fingerprint density at radius 2 is 1.83 bits per heavy atom. The maximum absolute atomic E-state index is 10.1. The van der Waals surface area contributed by atoms with Gasteiger partial charge in [0.2, 0.25) is 0 Å². The van der Waals surface area contributed by atoms with Crippen LogP contribution in [0.25, 0.3) is 0 Å². The molecule has 1 aromatic rings. The summed E-state index contributed by atoms with van der Waals surface area (Å²) < 4.78 is 0. The van der Waals surface area contributed by atoms with Gasteiger partial charge in [-0.1, -0.05) is 12.1 Å². The first-order valence-electron chi connectivity index (χ1n) is 3.23. The summed E-state index contributed by atoms with van der Waals surface area (Å²) in [6.45, 7) is 0. The van der Waals surface area contributed by atoms with E-state index in [0.29, 0.717) is 11.3 Å². The van der Waals surface area contributed by atoms with Crippen LogP contribution in [0.5, 0.6) is 0 Å². The van der Waals surface area contributed by atoms with E-state index in [9.17, 15) is 9.90 Å². The van der Waals surface area contributed by atoms with Gasteiger partial charge in [-0.3, -0.25) is 0 Å². The molecule has 0 aliphatic rings. The molecule has 0 amide bonds. The van der Waals surface area contributed by atoms with Crippen LogP contribution in [0, 0.1) is 0 Å². The molecular weight excluding hydrogens is 165 g/mol. The molecule has 0 saturated heterocycles. The smallest absolute Gasteiger partial charge is 0.550 e. The fraction of sp³-hybridized carbons (Fsp3) is 0.125. The Balaban J connectivity index is 0.00000121. The molecule has 0 aromatic heterocycles. The minimum atomic E-state index is -1.07. The topological polar surface area (TPSA) is 66.2 Å². The van der Waals surface area contributed by atoms with E-state index in [4.69, 9.17) is 5.73 Å². The number of nitrogens with two attached hydrogens (primary N) is 1. The zero-order chi connectivity index (χ0) is 8.27. The van der Waals surface area contributed by atoms with E-state index in [2.05, 4.69) is 0 Å². The maximum atomic E-state index is 10.1. The summed E-state index contributed by atoms with van der Waals surface area (Å²) in [5, 5.41) is 10.1. The van der Waals surface area contributed by atoms with Crippen molar-refractivity contribution in [3.63, 3.8) is 0 Å². The molecule has 4 heteroatoms. The van der Waals surface area contributed by atoms with Crippen molar-refractivity contribution in [3.05, 3.63) is 29.8 Å². The zero-order valence-electron chi connectivity index (χ0n) is 6.91. The Kier molecular flexibility index (Phi) is 4.97. The van der Waals surface area contributed by atoms with Crippen LogP contribution in [0.15, 0.2) is 24.3 Å². The van der Waals surface area contributed by atoms with Crippen LogP contribution >= 0.6 is 0 Å². The molecule has 2 N–H and O–H groups in total. The van der Waals surface area contributed by atoms with Crippen molar-refractivity contribution in [1.82, 2.24) is 0 Å². The molecule has 58 valence electrons. The SMILES string of the molecule is Nc1ccc(CC(=O)[O-])cc1.[Na+]. The number of nitrogen functional groups attached to an aromatic ring is 1. The van der Waals surface area contributed by atoms with Gasteiger partial charge >= 0.3 is 29.6 Å². The van der Waals surface area contributed by atoms with Crippen molar-refractivity contribution in [2.75, 3.05) is 5.73 Å². The van der Waals surface area contributed by atoms with E-state index in [0.717, 1.165) is 0 Å². The van der Waals surface area contributed by atoms with Crippen LogP contribution in [0.3, 0.4) is 0 Å². The summed E-state index contributed by atoms with van der Waals surface area (Å²) in [6, 6.07) is 6.67. The number of anilines is 1. The third kappa shape index (κ3) is 3.76. The van der Waals surface area contributed by atoms with Gasteiger partial charge in [-0.2, -0.15) is 0 Å². The molecule has 0 spiro atoms. The summed E-state index contributed by atoms with van der Waals surface area (Å²) >= 11 is 0. The Bertz CT molecular complexity index is 258. The third-order valence-electron chi connectivity index (χ3n) is 1.33. The number of benzene rings is 1. The fourth-order valence-corrected chi connectivity index (χ4v) is 0.802. The molecule has 0 saturated carbocycles. The Hall–Kier alpha value is -0.510.